The quantitative estimate of drug-likeness (QED) is 0.119. The Balaban J connectivity index is 0.580. The molecule has 12 heteroatoms. The molecule has 0 aliphatic carbocycles. The molecule has 0 fully saturated rings. The van der Waals surface area contributed by atoms with Crippen LogP contribution in [0, 0.1) is 0 Å². The number of hydrogen-bond donors (Lipinski definition) is 0. The molecule has 0 N–H and O–H groups in total. The Morgan fingerprint density at radius 1 is 0.211 bits per heavy atom. The zero-order chi connectivity index (χ0) is 80.7. The fraction of sp³-hybridized carbons (Fsp3) is 0. The van der Waals surface area contributed by atoms with Gasteiger partial charge in [-0.3, -0.25) is 22.5 Å². The molecule has 0 bridgehead atoms. The second-order valence-corrected chi connectivity index (χ2v) is 35.0. The Labute approximate surface area is 703 Å². The standard InChI is InChI=1S/C111H67N10OP/c122-123(81-59-50-69-24-4-5-25-75(69)63-81,80-57-52-73(53-58-80)91-67-93-86-29-11-17-37-100(86)118(105(93)88-31-9-7-27-84(88)91)110-115-95-33-13-10-32-89(95)108-113-98-35-15-20-40-103(98)120(108)110)82-60-51-71-42-47-76(62-78(71)64-82)77-54-61-96-94(65-77)109-114-99-36-16-21-41-104(99)121(109)111(116-96)119-101-38-18-12-28-85(101)92-66-90(83-26-6-8-30-87(83)106(92)119)72-43-45-74(46-44-72)107-112-97-34-14-19-39-102(97)117(107)79-55-48-70(49-56-79)68-22-2-1-3-23-68/h1-67H. The Hall–Kier alpha value is -16.2. The van der Waals surface area contributed by atoms with Crippen LogP contribution in [0.2, 0.25) is 0 Å². The Morgan fingerprint density at radius 2 is 0.610 bits per heavy atom. The molecule has 0 saturated carbocycles. The minimum absolute atomic E-state index is 0.741. The van der Waals surface area contributed by atoms with Gasteiger partial charge in [-0.05, 0) is 192 Å². The van der Waals surface area contributed by atoms with Crippen molar-refractivity contribution in [2.45, 2.75) is 0 Å². The molecule has 0 aliphatic heterocycles. The molecular formula is C111H67N10OP. The van der Waals surface area contributed by atoms with E-state index in [0.29, 0.717) is 0 Å². The first-order chi connectivity index (χ1) is 60.8. The number of rotatable bonds is 11. The minimum Gasteiger partial charge on any atom is -0.309 e. The normalized spacial score (nSPS) is 12.7. The highest BCUT2D eigenvalue weighted by Crippen LogP contribution is 2.49. The van der Waals surface area contributed by atoms with Gasteiger partial charge in [0.15, 0.2) is 7.14 Å². The van der Waals surface area contributed by atoms with Crippen LogP contribution in [0.5, 0.6) is 0 Å². The summed E-state index contributed by atoms with van der Waals surface area (Å²) in [6.45, 7) is 0. The number of hydrogen-bond acceptors (Lipinski definition) is 6. The summed E-state index contributed by atoms with van der Waals surface area (Å²) in [6.07, 6.45) is 0. The monoisotopic (exact) mass is 1590 g/mol. The number of benzene rings is 19. The van der Waals surface area contributed by atoms with Crippen LogP contribution in [0.3, 0.4) is 0 Å². The van der Waals surface area contributed by atoms with Gasteiger partial charge in [0, 0.05) is 70.3 Å². The molecule has 7 heterocycles. The number of imidazole rings is 3. The van der Waals surface area contributed by atoms with E-state index in [1.54, 1.807) is 0 Å². The lowest BCUT2D eigenvalue weighted by Crippen LogP contribution is -2.25. The molecule has 0 amide bonds. The lowest BCUT2D eigenvalue weighted by molar-refractivity contribution is 0.592. The van der Waals surface area contributed by atoms with Crippen LogP contribution in [0.25, 0.3) is 226 Å². The SMILES string of the molecule is O=P(c1ccc(-c2cc3c4ccccc4n(-c4nc5ccccc5c5nc6ccccc6n45)c3c3ccccc23)cc1)(c1ccc2ccccc2c1)c1ccc2ccc(-c3ccc4nc(-n5c6ccccc6c6cc(-c7ccc(-c8nc9ccccc9n8-c8ccc(-c9ccccc9)cc8)cc7)c7ccccc7c65)n5c6ccccc6nc5c4c3)cc2c1. The number of para-hydroxylation sites is 9. The molecule has 123 heavy (non-hydrogen) atoms. The maximum atomic E-state index is 17.3. The second-order valence-electron chi connectivity index (χ2n) is 32.2. The molecule has 19 aromatic carbocycles. The number of fused-ring (bicyclic) bond motifs is 23. The van der Waals surface area contributed by atoms with Crippen molar-refractivity contribution in [1.29, 1.82) is 0 Å². The van der Waals surface area contributed by atoms with Gasteiger partial charge in [0.1, 0.15) is 17.1 Å². The first-order valence-electron chi connectivity index (χ1n) is 41.6. The molecule has 26 rings (SSSR count). The zero-order valence-corrected chi connectivity index (χ0v) is 66.9. The summed E-state index contributed by atoms with van der Waals surface area (Å²) in [6, 6.07) is 144. The van der Waals surface area contributed by atoms with E-state index in [0.717, 1.165) is 231 Å². The lowest BCUT2D eigenvalue weighted by atomic mass is 9.94. The topological polar surface area (TPSA) is 105 Å². The van der Waals surface area contributed by atoms with Gasteiger partial charge in [-0.15, -0.1) is 0 Å². The van der Waals surface area contributed by atoms with Crippen LogP contribution in [0.4, 0.5) is 0 Å². The van der Waals surface area contributed by atoms with Gasteiger partial charge < -0.3 is 4.57 Å². The Bertz CT molecular complexity index is 9050. The molecule has 0 aliphatic rings. The summed E-state index contributed by atoms with van der Waals surface area (Å²) in [4.78, 5) is 27.4. The van der Waals surface area contributed by atoms with E-state index in [2.05, 4.69) is 417 Å². The van der Waals surface area contributed by atoms with E-state index in [-0.39, 0.29) is 0 Å². The average Bonchev–Trinajstić information content (AvgIpc) is 1.57. The number of aromatic nitrogens is 10. The summed E-state index contributed by atoms with van der Waals surface area (Å²) >= 11 is 0. The van der Waals surface area contributed by atoms with Gasteiger partial charge in [0.2, 0.25) is 11.9 Å². The van der Waals surface area contributed by atoms with Gasteiger partial charge in [0.25, 0.3) is 0 Å². The highest BCUT2D eigenvalue weighted by atomic mass is 31.2. The molecule has 11 nitrogen and oxygen atoms in total. The third-order valence-corrected chi connectivity index (χ3v) is 28.5. The minimum atomic E-state index is -3.62. The second kappa shape index (κ2) is 26.7. The molecule has 572 valence electrons. The molecule has 0 spiro atoms. The predicted octanol–water partition coefficient (Wildman–Crippen LogP) is 26.5. The van der Waals surface area contributed by atoms with E-state index >= 15 is 4.57 Å². The van der Waals surface area contributed by atoms with Crippen molar-refractivity contribution < 1.29 is 4.57 Å². The van der Waals surface area contributed by atoms with Gasteiger partial charge >= 0.3 is 0 Å². The van der Waals surface area contributed by atoms with Crippen LogP contribution in [-0.2, 0) is 4.57 Å². The summed E-state index contributed by atoms with van der Waals surface area (Å²) < 4.78 is 28.7. The first kappa shape index (κ1) is 68.8. The summed E-state index contributed by atoms with van der Waals surface area (Å²) in [5, 5.41) is 17.2. The summed E-state index contributed by atoms with van der Waals surface area (Å²) in [7, 11) is -3.62. The van der Waals surface area contributed by atoms with E-state index in [1.165, 1.54) is 11.1 Å². The summed E-state index contributed by atoms with van der Waals surface area (Å²) in [5.74, 6) is 2.39. The van der Waals surface area contributed by atoms with Gasteiger partial charge in [-0.1, -0.05) is 291 Å². The molecule has 0 radical (unpaired) electrons. The van der Waals surface area contributed by atoms with Crippen LogP contribution < -0.4 is 15.9 Å². The van der Waals surface area contributed by atoms with Crippen molar-refractivity contribution in [3.63, 3.8) is 0 Å². The third kappa shape index (κ3) is 10.4. The Morgan fingerprint density at radius 3 is 1.21 bits per heavy atom. The van der Waals surface area contributed by atoms with Crippen molar-refractivity contribution in [2.75, 3.05) is 0 Å². The highest BCUT2D eigenvalue weighted by molar-refractivity contribution is 7.85. The molecule has 1 unspecified atom stereocenters. The Kier molecular flexibility index (Phi) is 14.9. The largest absolute Gasteiger partial charge is 0.309 e. The van der Waals surface area contributed by atoms with Gasteiger partial charge in [0.05, 0.1) is 66.2 Å². The lowest BCUT2D eigenvalue weighted by Gasteiger charge is -2.22. The van der Waals surface area contributed by atoms with Crippen molar-refractivity contribution in [3.05, 3.63) is 406 Å². The van der Waals surface area contributed by atoms with Crippen molar-refractivity contribution in [3.8, 4) is 73.5 Å². The van der Waals surface area contributed by atoms with E-state index in [4.69, 9.17) is 24.9 Å². The zero-order valence-electron chi connectivity index (χ0n) is 66.0. The van der Waals surface area contributed by atoms with Crippen molar-refractivity contribution in [2.24, 2.45) is 0 Å². The maximum Gasteiger partial charge on any atom is 0.221 e. The van der Waals surface area contributed by atoms with Crippen molar-refractivity contribution in [1.82, 2.24) is 47.4 Å². The van der Waals surface area contributed by atoms with Crippen LogP contribution in [0.15, 0.2) is 406 Å². The van der Waals surface area contributed by atoms with Gasteiger partial charge in [-0.25, -0.2) is 24.9 Å². The molecule has 7 aromatic heterocycles. The number of nitrogens with zero attached hydrogens (tertiary/aromatic N) is 10. The van der Waals surface area contributed by atoms with E-state index in [1.807, 2.05) is 12.1 Å². The molecule has 0 saturated heterocycles. The van der Waals surface area contributed by atoms with Crippen LogP contribution in [0.1, 0.15) is 0 Å². The fourth-order valence-corrected chi connectivity index (χ4v) is 22.4. The molecular weight excluding hydrogens is 1520 g/mol. The molecule has 1 atom stereocenters. The van der Waals surface area contributed by atoms with Gasteiger partial charge in [-0.2, -0.15) is 0 Å². The van der Waals surface area contributed by atoms with Crippen LogP contribution >= 0.6 is 7.14 Å². The maximum absolute atomic E-state index is 17.3. The van der Waals surface area contributed by atoms with E-state index in [9.17, 15) is 0 Å². The molecule has 26 aromatic rings. The predicted molar refractivity (Wildman–Crippen MR) is 509 cm³/mol. The summed E-state index contributed by atoms with van der Waals surface area (Å²) in [5.41, 5.74) is 24.0. The average molecular weight is 1590 g/mol. The first-order valence-corrected chi connectivity index (χ1v) is 43.3. The smallest absolute Gasteiger partial charge is 0.221 e. The fourth-order valence-electron chi connectivity index (χ4n) is 19.7. The van der Waals surface area contributed by atoms with Crippen LogP contribution in [-0.4, -0.2) is 47.4 Å². The van der Waals surface area contributed by atoms with E-state index < -0.39 is 7.14 Å². The highest BCUT2D eigenvalue weighted by Gasteiger charge is 2.33. The van der Waals surface area contributed by atoms with Crippen molar-refractivity contribution >= 4 is 176 Å². The third-order valence-electron chi connectivity index (χ3n) is 25.5.